The molecule has 1 fully saturated rings. The molecule has 1 rings (SSSR count). The maximum absolute atomic E-state index is 10.5. The number of likely N-dealkylation sites (tertiary alicyclic amines) is 1. The van der Waals surface area contributed by atoms with Gasteiger partial charge in [-0.15, -0.1) is 0 Å². The number of carbonyl (C=O) groups is 1. The quantitative estimate of drug-likeness (QED) is 0.655. The van der Waals surface area contributed by atoms with Gasteiger partial charge in [-0.05, 0) is 19.3 Å². The summed E-state index contributed by atoms with van der Waals surface area (Å²) in [6.07, 6.45) is 6.72. The highest BCUT2D eigenvalue weighted by molar-refractivity contribution is 5.77. The molecule has 16 heavy (non-hydrogen) atoms. The summed E-state index contributed by atoms with van der Waals surface area (Å²) in [4.78, 5) is 12.3. The topological polar surface area (TPSA) is 29.5 Å². The van der Waals surface area contributed by atoms with E-state index in [1.54, 1.807) is 4.90 Å². The fraction of sp³-hybridized carbons (Fsp3) is 0.923. The Morgan fingerprint density at radius 2 is 1.75 bits per heavy atom. The molecule has 0 N–H and O–H groups in total. The van der Waals surface area contributed by atoms with Crippen molar-refractivity contribution in [3.05, 3.63) is 0 Å². The van der Waals surface area contributed by atoms with Crippen molar-refractivity contribution in [2.75, 3.05) is 26.8 Å². The Bertz CT molecular complexity index is 165. The van der Waals surface area contributed by atoms with Crippen molar-refractivity contribution < 1.29 is 9.53 Å². The van der Waals surface area contributed by atoms with Crippen molar-refractivity contribution >= 4 is 5.91 Å². The van der Waals surface area contributed by atoms with Crippen molar-refractivity contribution in [2.24, 2.45) is 0 Å². The van der Waals surface area contributed by atoms with E-state index in [4.69, 9.17) is 4.74 Å². The van der Waals surface area contributed by atoms with Crippen LogP contribution in [0.1, 0.15) is 52.4 Å². The van der Waals surface area contributed by atoms with Gasteiger partial charge in [0.2, 0.25) is 5.91 Å². The standard InChI is InChI=1S/C8H18O.C5H9NO/c1-3-5-7-9-8-6-4-2;1-6-4-2-3-5(6)7/h3-8H2,1-2H3;2-4H2,1H3. The maximum Gasteiger partial charge on any atom is 0.222 e. The van der Waals surface area contributed by atoms with Crippen LogP contribution >= 0.6 is 0 Å². The Hall–Kier alpha value is -0.570. The summed E-state index contributed by atoms with van der Waals surface area (Å²) in [5.41, 5.74) is 0. The first-order valence-electron chi connectivity index (χ1n) is 6.54. The highest BCUT2D eigenvalue weighted by Gasteiger charge is 2.14. The van der Waals surface area contributed by atoms with E-state index in [0.717, 1.165) is 32.6 Å². The van der Waals surface area contributed by atoms with Crippen molar-refractivity contribution in [3.63, 3.8) is 0 Å². The van der Waals surface area contributed by atoms with Gasteiger partial charge in [0.05, 0.1) is 0 Å². The summed E-state index contributed by atoms with van der Waals surface area (Å²) >= 11 is 0. The molecule has 0 atom stereocenters. The van der Waals surface area contributed by atoms with Crippen LogP contribution in [0.5, 0.6) is 0 Å². The molecule has 0 spiro atoms. The zero-order valence-electron chi connectivity index (χ0n) is 11.1. The van der Waals surface area contributed by atoms with E-state index in [1.807, 2.05) is 7.05 Å². The van der Waals surface area contributed by atoms with Gasteiger partial charge in [-0.2, -0.15) is 0 Å². The third kappa shape index (κ3) is 8.72. The zero-order chi connectivity index (χ0) is 12.2. The molecular weight excluding hydrogens is 202 g/mol. The monoisotopic (exact) mass is 229 g/mol. The molecule has 0 aliphatic carbocycles. The second kappa shape index (κ2) is 10.9. The van der Waals surface area contributed by atoms with Crippen molar-refractivity contribution in [3.8, 4) is 0 Å². The first-order chi connectivity index (χ1) is 7.72. The molecule has 0 saturated carbocycles. The molecule has 0 radical (unpaired) electrons. The Balaban J connectivity index is 0.000000288. The van der Waals surface area contributed by atoms with Crippen LogP contribution in [0.15, 0.2) is 0 Å². The molecule has 1 aliphatic rings. The third-order valence-electron chi connectivity index (χ3n) is 2.59. The van der Waals surface area contributed by atoms with Crippen LogP contribution in [0.2, 0.25) is 0 Å². The van der Waals surface area contributed by atoms with E-state index >= 15 is 0 Å². The van der Waals surface area contributed by atoms with Crippen LogP contribution in [0.25, 0.3) is 0 Å². The van der Waals surface area contributed by atoms with Gasteiger partial charge in [-0.1, -0.05) is 26.7 Å². The van der Waals surface area contributed by atoms with Crippen LogP contribution in [0, 0.1) is 0 Å². The lowest BCUT2D eigenvalue weighted by molar-refractivity contribution is -0.126. The van der Waals surface area contributed by atoms with Gasteiger partial charge in [0.1, 0.15) is 0 Å². The molecular formula is C13H27NO2. The fourth-order valence-electron chi connectivity index (χ4n) is 1.38. The Morgan fingerprint density at radius 1 is 1.19 bits per heavy atom. The minimum Gasteiger partial charge on any atom is -0.381 e. The van der Waals surface area contributed by atoms with Gasteiger partial charge in [0, 0.05) is 33.2 Å². The molecule has 0 unspecified atom stereocenters. The molecule has 3 nitrogen and oxygen atoms in total. The molecule has 1 heterocycles. The van der Waals surface area contributed by atoms with Crippen LogP contribution in [0.3, 0.4) is 0 Å². The average Bonchev–Trinajstić information content (AvgIpc) is 2.64. The van der Waals surface area contributed by atoms with Gasteiger partial charge >= 0.3 is 0 Å². The molecule has 0 bridgehead atoms. The molecule has 1 aliphatic heterocycles. The summed E-state index contributed by atoms with van der Waals surface area (Å²) < 4.78 is 5.31. The van der Waals surface area contributed by atoms with Gasteiger partial charge in [0.15, 0.2) is 0 Å². The van der Waals surface area contributed by atoms with Crippen LogP contribution in [-0.4, -0.2) is 37.6 Å². The van der Waals surface area contributed by atoms with E-state index in [9.17, 15) is 4.79 Å². The normalized spacial score (nSPS) is 14.9. The lowest BCUT2D eigenvalue weighted by atomic mass is 10.3. The van der Waals surface area contributed by atoms with E-state index in [-0.39, 0.29) is 0 Å². The molecule has 0 aromatic rings. The number of carbonyl (C=O) groups excluding carboxylic acids is 1. The summed E-state index contributed by atoms with van der Waals surface area (Å²) in [7, 11) is 1.84. The fourth-order valence-corrected chi connectivity index (χ4v) is 1.38. The molecule has 1 saturated heterocycles. The smallest absolute Gasteiger partial charge is 0.222 e. The van der Waals surface area contributed by atoms with E-state index in [2.05, 4.69) is 13.8 Å². The van der Waals surface area contributed by atoms with Gasteiger partial charge in [-0.3, -0.25) is 4.79 Å². The number of rotatable bonds is 6. The summed E-state index contributed by atoms with van der Waals surface area (Å²) in [6, 6.07) is 0. The minimum absolute atomic E-state index is 0.292. The minimum atomic E-state index is 0.292. The van der Waals surface area contributed by atoms with Crippen LogP contribution in [0.4, 0.5) is 0 Å². The largest absolute Gasteiger partial charge is 0.381 e. The number of hydrogen-bond donors (Lipinski definition) is 0. The average molecular weight is 229 g/mol. The maximum atomic E-state index is 10.5. The summed E-state index contributed by atoms with van der Waals surface area (Å²) in [5, 5.41) is 0. The highest BCUT2D eigenvalue weighted by Crippen LogP contribution is 2.04. The lowest BCUT2D eigenvalue weighted by Gasteiger charge is -2.03. The first kappa shape index (κ1) is 15.4. The number of amides is 1. The van der Waals surface area contributed by atoms with E-state index in [0.29, 0.717) is 5.91 Å². The number of ether oxygens (including phenoxy) is 1. The van der Waals surface area contributed by atoms with E-state index < -0.39 is 0 Å². The predicted molar refractivity (Wildman–Crippen MR) is 67.5 cm³/mol. The molecule has 96 valence electrons. The second-order valence-corrected chi connectivity index (χ2v) is 4.24. The molecule has 0 aromatic carbocycles. The van der Waals surface area contributed by atoms with Crippen LogP contribution in [-0.2, 0) is 9.53 Å². The number of unbranched alkanes of at least 4 members (excludes halogenated alkanes) is 2. The van der Waals surface area contributed by atoms with Gasteiger partial charge in [0.25, 0.3) is 0 Å². The van der Waals surface area contributed by atoms with Crippen molar-refractivity contribution in [1.82, 2.24) is 4.90 Å². The summed E-state index contributed by atoms with van der Waals surface area (Å²) in [5.74, 6) is 0.292. The first-order valence-corrected chi connectivity index (χ1v) is 6.54. The predicted octanol–water partition coefficient (Wildman–Crippen LogP) is 2.84. The van der Waals surface area contributed by atoms with Crippen LogP contribution < -0.4 is 0 Å². The molecule has 3 heteroatoms. The zero-order valence-corrected chi connectivity index (χ0v) is 11.1. The van der Waals surface area contributed by atoms with E-state index in [1.165, 1.54) is 25.7 Å². The van der Waals surface area contributed by atoms with Crippen molar-refractivity contribution in [2.45, 2.75) is 52.4 Å². The second-order valence-electron chi connectivity index (χ2n) is 4.24. The molecule has 0 aromatic heterocycles. The Kier molecular flexibility index (Phi) is 10.5. The number of nitrogens with zero attached hydrogens (tertiary/aromatic N) is 1. The number of hydrogen-bond acceptors (Lipinski definition) is 2. The third-order valence-corrected chi connectivity index (χ3v) is 2.59. The van der Waals surface area contributed by atoms with Gasteiger partial charge in [-0.25, -0.2) is 0 Å². The summed E-state index contributed by atoms with van der Waals surface area (Å²) in [6.45, 7) is 7.23. The molecule has 1 amide bonds. The van der Waals surface area contributed by atoms with Crippen molar-refractivity contribution in [1.29, 1.82) is 0 Å². The Labute approximate surface area is 100 Å². The Morgan fingerprint density at radius 3 is 2.00 bits per heavy atom. The SMILES string of the molecule is CCCCOCCCC.CN1CCCC1=O. The van der Waals surface area contributed by atoms with Gasteiger partial charge < -0.3 is 9.64 Å². The lowest BCUT2D eigenvalue weighted by Crippen LogP contribution is -2.17. The highest BCUT2D eigenvalue weighted by atomic mass is 16.5.